The summed E-state index contributed by atoms with van der Waals surface area (Å²) in [6.07, 6.45) is 2.62. The highest BCUT2D eigenvalue weighted by Crippen LogP contribution is 2.36. The topological polar surface area (TPSA) is 88.7 Å². The Bertz CT molecular complexity index is 1370. The monoisotopic (exact) mass is 533 g/mol. The van der Waals surface area contributed by atoms with E-state index < -0.39 is 6.03 Å². The van der Waals surface area contributed by atoms with Gasteiger partial charge in [0.25, 0.3) is 5.91 Å². The number of hydrogen-bond donors (Lipinski definition) is 3. The van der Waals surface area contributed by atoms with Crippen LogP contribution in [0.1, 0.15) is 67.1 Å². The number of carbonyl (C=O) groups is 2. The zero-order valence-electron chi connectivity index (χ0n) is 22.6. The maximum atomic E-state index is 13.0. The molecule has 0 saturated carbocycles. The molecule has 0 spiro atoms. The fourth-order valence-electron chi connectivity index (χ4n) is 4.19. The summed E-state index contributed by atoms with van der Waals surface area (Å²) >= 11 is 1.38. The molecule has 4 rings (SSSR count). The van der Waals surface area contributed by atoms with Crippen molar-refractivity contribution in [2.45, 2.75) is 64.8 Å². The number of ether oxygens (including phenoxy) is 2. The third-order valence-electron chi connectivity index (χ3n) is 6.23. The third-order valence-corrected chi connectivity index (χ3v) is 7.79. The van der Waals surface area contributed by atoms with Gasteiger partial charge in [-0.15, -0.1) is 11.3 Å². The smallest absolute Gasteiger partial charge is 0.323 e. The first kappa shape index (κ1) is 27.6. The molecule has 1 fully saturated rings. The number of benzene rings is 2. The molecule has 1 aliphatic heterocycles. The summed E-state index contributed by atoms with van der Waals surface area (Å²) in [5, 5.41) is 10.3. The van der Waals surface area contributed by atoms with E-state index in [9.17, 15) is 9.59 Å². The van der Waals surface area contributed by atoms with Crippen LogP contribution in [0.2, 0.25) is 0 Å². The number of anilines is 2. The zero-order valence-corrected chi connectivity index (χ0v) is 23.4. The minimum atomic E-state index is -0.424. The molecule has 3 aromatic rings. The molecule has 3 amide bonds. The van der Waals surface area contributed by atoms with Crippen molar-refractivity contribution in [3.05, 3.63) is 57.8 Å². The first-order valence-electron chi connectivity index (χ1n) is 12.9. The average Bonchev–Trinajstić information content (AvgIpc) is 3.32. The van der Waals surface area contributed by atoms with Crippen LogP contribution in [0, 0.1) is 11.8 Å². The molecule has 0 radical (unpaired) electrons. The van der Waals surface area contributed by atoms with Crippen LogP contribution in [-0.2, 0) is 14.9 Å². The van der Waals surface area contributed by atoms with E-state index in [-0.39, 0.29) is 23.7 Å². The lowest BCUT2D eigenvalue weighted by Gasteiger charge is -2.24. The minimum Gasteiger partial charge on any atom is -0.354 e. The van der Waals surface area contributed by atoms with Gasteiger partial charge in [-0.3, -0.25) is 4.79 Å². The molecule has 200 valence electrons. The van der Waals surface area contributed by atoms with Crippen LogP contribution in [0.4, 0.5) is 16.2 Å². The number of carbonyl (C=O) groups excluding carboxylic acids is 2. The van der Waals surface area contributed by atoms with Gasteiger partial charge in [0.05, 0.1) is 11.4 Å². The second kappa shape index (κ2) is 12.0. The quantitative estimate of drug-likeness (QED) is 0.327. The molecule has 2 unspecified atom stereocenters. The summed E-state index contributed by atoms with van der Waals surface area (Å²) in [4.78, 5) is 27.0. The number of amides is 3. The molecule has 0 aliphatic carbocycles. The molecule has 1 aliphatic rings. The molecule has 38 heavy (non-hydrogen) atoms. The average molecular weight is 534 g/mol. The van der Waals surface area contributed by atoms with Crippen molar-refractivity contribution >= 4 is 45.4 Å². The van der Waals surface area contributed by atoms with Gasteiger partial charge >= 0.3 is 6.03 Å². The second-order valence-electron chi connectivity index (χ2n) is 10.3. The Morgan fingerprint density at radius 2 is 1.82 bits per heavy atom. The first-order valence-corrected chi connectivity index (χ1v) is 13.7. The number of fused-ring (bicyclic) bond motifs is 1. The number of urea groups is 1. The highest BCUT2D eigenvalue weighted by atomic mass is 32.1. The van der Waals surface area contributed by atoms with Gasteiger partial charge in [-0.1, -0.05) is 56.9 Å². The predicted octanol–water partition coefficient (Wildman–Crippen LogP) is 6.49. The molecular formula is C30H35N3O4S. The lowest BCUT2D eigenvalue weighted by molar-refractivity contribution is -0.173. The summed E-state index contributed by atoms with van der Waals surface area (Å²) in [5.74, 6) is 6.18. The third kappa shape index (κ3) is 6.73. The number of thiophene rings is 1. The van der Waals surface area contributed by atoms with E-state index in [1.807, 2.05) is 49.4 Å². The molecular weight excluding hydrogens is 498 g/mol. The van der Waals surface area contributed by atoms with E-state index in [4.69, 9.17) is 9.47 Å². The van der Waals surface area contributed by atoms with Crippen LogP contribution in [0.5, 0.6) is 0 Å². The van der Waals surface area contributed by atoms with Crippen LogP contribution in [0.15, 0.2) is 42.5 Å². The molecule has 2 aromatic carbocycles. The van der Waals surface area contributed by atoms with E-state index >= 15 is 0 Å². The fourth-order valence-corrected chi connectivity index (χ4v) is 5.31. The Morgan fingerprint density at radius 3 is 2.50 bits per heavy atom. The summed E-state index contributed by atoms with van der Waals surface area (Å²) < 4.78 is 11.6. The van der Waals surface area contributed by atoms with Gasteiger partial charge < -0.3 is 25.4 Å². The van der Waals surface area contributed by atoms with Crippen molar-refractivity contribution in [1.29, 1.82) is 0 Å². The van der Waals surface area contributed by atoms with E-state index in [1.165, 1.54) is 11.3 Å². The van der Waals surface area contributed by atoms with Gasteiger partial charge in [0.2, 0.25) is 0 Å². The van der Waals surface area contributed by atoms with Crippen LogP contribution < -0.4 is 16.0 Å². The molecule has 2 heterocycles. The first-order chi connectivity index (χ1) is 18.2. The van der Waals surface area contributed by atoms with Gasteiger partial charge in [-0.05, 0) is 55.2 Å². The SMILES string of the molecule is CNC(=O)c1sc(C(C)(C)C)cc1NC(=O)Nc1ccc(C#CC(C)OC2CCCCO2)c2ccccc12. The number of nitrogens with one attached hydrogen (secondary N) is 3. The van der Waals surface area contributed by atoms with Gasteiger partial charge in [-0.25, -0.2) is 4.79 Å². The summed E-state index contributed by atoms with van der Waals surface area (Å²) in [7, 11) is 1.58. The maximum Gasteiger partial charge on any atom is 0.323 e. The molecule has 7 nitrogen and oxygen atoms in total. The highest BCUT2D eigenvalue weighted by Gasteiger charge is 2.24. The van der Waals surface area contributed by atoms with Gasteiger partial charge in [0.1, 0.15) is 11.0 Å². The van der Waals surface area contributed by atoms with Crippen molar-refractivity contribution < 1.29 is 19.1 Å². The van der Waals surface area contributed by atoms with E-state index in [1.54, 1.807) is 7.05 Å². The molecule has 2 atom stereocenters. The summed E-state index contributed by atoms with van der Waals surface area (Å²) in [6, 6.07) is 13.0. The van der Waals surface area contributed by atoms with Gasteiger partial charge in [-0.2, -0.15) is 0 Å². The fraction of sp³-hybridized carbons (Fsp3) is 0.400. The Labute approximate surface area is 228 Å². The Hall–Kier alpha value is -3.38. The van der Waals surface area contributed by atoms with Crippen molar-refractivity contribution in [2.24, 2.45) is 0 Å². The number of rotatable bonds is 5. The maximum absolute atomic E-state index is 13.0. The van der Waals surface area contributed by atoms with Crippen LogP contribution in [0.25, 0.3) is 10.8 Å². The Morgan fingerprint density at radius 1 is 1.08 bits per heavy atom. The normalized spacial score (nSPS) is 16.3. The number of hydrogen-bond acceptors (Lipinski definition) is 5. The lowest BCUT2D eigenvalue weighted by atomic mass is 9.94. The van der Waals surface area contributed by atoms with Crippen molar-refractivity contribution in [2.75, 3.05) is 24.3 Å². The van der Waals surface area contributed by atoms with Crippen LogP contribution in [0.3, 0.4) is 0 Å². The van der Waals surface area contributed by atoms with Gasteiger partial charge in [0, 0.05) is 29.5 Å². The van der Waals surface area contributed by atoms with Crippen molar-refractivity contribution in [3.8, 4) is 11.8 Å². The molecule has 8 heteroatoms. The Balaban J connectivity index is 1.53. The molecule has 3 N–H and O–H groups in total. The highest BCUT2D eigenvalue weighted by molar-refractivity contribution is 7.14. The zero-order chi connectivity index (χ0) is 27.3. The van der Waals surface area contributed by atoms with Gasteiger partial charge in [0.15, 0.2) is 6.29 Å². The van der Waals surface area contributed by atoms with E-state index in [0.717, 1.165) is 47.1 Å². The van der Waals surface area contributed by atoms with E-state index in [2.05, 4.69) is 48.6 Å². The largest absolute Gasteiger partial charge is 0.354 e. The Kier molecular flexibility index (Phi) is 8.72. The second-order valence-corrected chi connectivity index (χ2v) is 11.4. The predicted molar refractivity (Wildman–Crippen MR) is 154 cm³/mol. The summed E-state index contributed by atoms with van der Waals surface area (Å²) in [6.45, 7) is 8.88. The standard InChI is InChI=1S/C30H35N3O4S/c1-19(37-26-12-8-9-17-36-26)13-14-20-15-16-23(22-11-7-6-10-21(20)22)32-29(35)33-24-18-25(30(2,3)4)38-27(24)28(34)31-5/h6-7,10-11,15-16,18-19,26H,8-9,12,17H2,1-5H3,(H,31,34)(H2,32,33,35). The molecule has 1 saturated heterocycles. The van der Waals surface area contributed by atoms with Crippen molar-refractivity contribution in [1.82, 2.24) is 5.32 Å². The molecule has 0 bridgehead atoms. The minimum absolute atomic E-state index is 0.150. The van der Waals surface area contributed by atoms with Crippen LogP contribution in [-0.4, -0.2) is 38.0 Å². The van der Waals surface area contributed by atoms with Crippen LogP contribution >= 0.6 is 11.3 Å². The molecule has 1 aromatic heterocycles. The lowest BCUT2D eigenvalue weighted by Crippen LogP contribution is -2.25. The van der Waals surface area contributed by atoms with E-state index in [0.29, 0.717) is 16.3 Å². The summed E-state index contributed by atoms with van der Waals surface area (Å²) in [5.41, 5.74) is 1.83. The van der Waals surface area contributed by atoms with Crippen molar-refractivity contribution in [3.63, 3.8) is 0 Å².